The van der Waals surface area contributed by atoms with Crippen LogP contribution >= 0.6 is 34.8 Å². The lowest BCUT2D eigenvalue weighted by Crippen LogP contribution is -2.95. The van der Waals surface area contributed by atoms with E-state index in [1.165, 1.54) is 6.08 Å². The summed E-state index contributed by atoms with van der Waals surface area (Å²) in [6.07, 6.45) is 3.91. The van der Waals surface area contributed by atoms with Gasteiger partial charge in [-0.1, -0.05) is 65.1 Å². The standard InChI is InChI=1S/C16H15Cl3N2O2/c17-16(18,19)15(20-11-13-7-4-10-23-13)21-14(22)9-8-12-5-2-1-3-6-12/h1-10,15,20H,11H2,(H,21,22)/p+1. The second-order valence-electron chi connectivity index (χ2n) is 4.79. The molecule has 0 spiro atoms. The van der Waals surface area contributed by atoms with Crippen molar-refractivity contribution in [3.8, 4) is 0 Å². The molecule has 3 N–H and O–H groups in total. The molecule has 1 aromatic carbocycles. The molecule has 1 heterocycles. The first kappa shape index (κ1) is 17.9. The largest absolute Gasteiger partial charge is 0.463 e. The van der Waals surface area contributed by atoms with Gasteiger partial charge in [0.2, 0.25) is 12.1 Å². The molecule has 1 aromatic heterocycles. The number of hydrogen-bond acceptors (Lipinski definition) is 2. The van der Waals surface area contributed by atoms with Crippen molar-refractivity contribution >= 4 is 46.8 Å². The molecule has 1 unspecified atom stereocenters. The Hall–Kier alpha value is -1.46. The fourth-order valence-corrected chi connectivity index (χ4v) is 2.31. The van der Waals surface area contributed by atoms with Crippen molar-refractivity contribution in [3.05, 3.63) is 66.1 Å². The van der Waals surface area contributed by atoms with Gasteiger partial charge in [0.15, 0.2) is 5.76 Å². The highest BCUT2D eigenvalue weighted by atomic mass is 35.6. The molecule has 0 bridgehead atoms. The van der Waals surface area contributed by atoms with Gasteiger partial charge in [0.1, 0.15) is 6.54 Å². The Kier molecular flexibility index (Phi) is 6.54. The third kappa shape index (κ3) is 6.28. The summed E-state index contributed by atoms with van der Waals surface area (Å²) in [5.41, 5.74) is 0.910. The smallest absolute Gasteiger partial charge is 0.262 e. The van der Waals surface area contributed by atoms with Crippen LogP contribution in [0.4, 0.5) is 0 Å². The van der Waals surface area contributed by atoms with Crippen LogP contribution in [0.15, 0.2) is 59.2 Å². The maximum Gasteiger partial charge on any atom is 0.262 e. The Morgan fingerprint density at radius 3 is 2.57 bits per heavy atom. The summed E-state index contributed by atoms with van der Waals surface area (Å²) in [6, 6.07) is 13.0. The Balaban J connectivity index is 1.94. The van der Waals surface area contributed by atoms with E-state index in [0.29, 0.717) is 6.54 Å². The summed E-state index contributed by atoms with van der Waals surface area (Å²) < 4.78 is 3.57. The minimum absolute atomic E-state index is 0.346. The molecule has 0 aliphatic heterocycles. The number of nitrogens with two attached hydrogens (primary N) is 1. The molecule has 0 radical (unpaired) electrons. The van der Waals surface area contributed by atoms with Gasteiger partial charge in [-0.15, -0.1) is 0 Å². The van der Waals surface area contributed by atoms with Crippen LogP contribution in [0.3, 0.4) is 0 Å². The van der Waals surface area contributed by atoms with Crippen LogP contribution in [-0.2, 0) is 11.3 Å². The maximum absolute atomic E-state index is 12.0. The average molecular weight is 375 g/mol. The second-order valence-corrected chi connectivity index (χ2v) is 7.16. The van der Waals surface area contributed by atoms with Crippen LogP contribution in [-0.4, -0.2) is 15.9 Å². The molecule has 2 rings (SSSR count). The quantitative estimate of drug-likeness (QED) is 0.464. The summed E-state index contributed by atoms with van der Waals surface area (Å²) in [4.78, 5) is 12.0. The molecule has 4 nitrogen and oxygen atoms in total. The lowest BCUT2D eigenvalue weighted by molar-refractivity contribution is -0.708. The van der Waals surface area contributed by atoms with Gasteiger partial charge < -0.3 is 9.73 Å². The molecule has 7 heteroatoms. The van der Waals surface area contributed by atoms with E-state index >= 15 is 0 Å². The molecule has 0 aliphatic rings. The van der Waals surface area contributed by atoms with Gasteiger partial charge in [-0.2, -0.15) is 0 Å². The Labute approximate surface area is 149 Å². The van der Waals surface area contributed by atoms with Crippen molar-refractivity contribution in [2.45, 2.75) is 16.5 Å². The predicted molar refractivity (Wildman–Crippen MR) is 92.0 cm³/mol. The molecular formula is C16H16Cl3N2O2+. The average Bonchev–Trinajstić information content (AvgIpc) is 3.02. The highest BCUT2D eigenvalue weighted by Gasteiger charge is 2.37. The zero-order chi connectivity index (χ0) is 16.7. The van der Waals surface area contributed by atoms with Crippen LogP contribution < -0.4 is 10.6 Å². The number of carbonyl (C=O) groups is 1. The molecule has 0 aliphatic carbocycles. The number of benzene rings is 1. The summed E-state index contributed by atoms with van der Waals surface area (Å²) in [5.74, 6) is 0.374. The number of furan rings is 1. The minimum Gasteiger partial charge on any atom is -0.463 e. The molecule has 0 fully saturated rings. The molecule has 1 atom stereocenters. The monoisotopic (exact) mass is 373 g/mol. The number of nitrogens with one attached hydrogen (secondary N) is 1. The minimum atomic E-state index is -1.65. The third-order valence-corrected chi connectivity index (χ3v) is 3.72. The van der Waals surface area contributed by atoms with E-state index in [1.807, 2.05) is 36.4 Å². The Morgan fingerprint density at radius 1 is 1.22 bits per heavy atom. The number of halogens is 3. The predicted octanol–water partition coefficient (Wildman–Crippen LogP) is 2.87. The first-order valence-electron chi connectivity index (χ1n) is 6.91. The van der Waals surface area contributed by atoms with Gasteiger partial charge in [0.25, 0.3) is 3.79 Å². The fourth-order valence-electron chi connectivity index (χ4n) is 1.87. The number of hydrogen-bond donors (Lipinski definition) is 2. The topological polar surface area (TPSA) is 58.9 Å². The Bertz CT molecular complexity index is 637. The SMILES string of the molecule is O=C(C=Cc1ccccc1)NC([NH2+]Cc1ccco1)C(Cl)(Cl)Cl. The second kappa shape index (κ2) is 8.41. The van der Waals surface area contributed by atoms with Crippen molar-refractivity contribution in [1.82, 2.24) is 5.32 Å². The van der Waals surface area contributed by atoms with Gasteiger partial charge in [-0.25, -0.2) is 0 Å². The number of alkyl halides is 3. The fraction of sp³-hybridized carbons (Fsp3) is 0.188. The molecule has 0 saturated heterocycles. The van der Waals surface area contributed by atoms with E-state index < -0.39 is 9.96 Å². The molecule has 1 amide bonds. The lowest BCUT2D eigenvalue weighted by Gasteiger charge is -2.22. The number of carbonyl (C=O) groups excluding carboxylic acids is 1. The molecule has 2 aromatic rings. The summed E-state index contributed by atoms with van der Waals surface area (Å²) in [5, 5.41) is 4.37. The van der Waals surface area contributed by atoms with Gasteiger partial charge in [-0.3, -0.25) is 10.1 Å². The summed E-state index contributed by atoms with van der Waals surface area (Å²) >= 11 is 17.8. The molecule has 0 saturated carbocycles. The van der Waals surface area contributed by atoms with Gasteiger partial charge in [0, 0.05) is 6.08 Å². The van der Waals surface area contributed by atoms with Gasteiger partial charge in [-0.05, 0) is 23.8 Å². The lowest BCUT2D eigenvalue weighted by atomic mass is 10.2. The zero-order valence-corrected chi connectivity index (χ0v) is 14.4. The van der Waals surface area contributed by atoms with Crippen molar-refractivity contribution in [1.29, 1.82) is 0 Å². The first-order valence-corrected chi connectivity index (χ1v) is 8.04. The summed E-state index contributed by atoms with van der Waals surface area (Å²) in [6.45, 7) is 0.439. The van der Waals surface area contributed by atoms with Crippen LogP contribution in [0, 0.1) is 0 Å². The van der Waals surface area contributed by atoms with Crippen molar-refractivity contribution in [2.75, 3.05) is 0 Å². The van der Waals surface area contributed by atoms with E-state index in [2.05, 4.69) is 5.32 Å². The van der Waals surface area contributed by atoms with Crippen molar-refractivity contribution in [2.24, 2.45) is 0 Å². The van der Waals surface area contributed by atoms with E-state index in [4.69, 9.17) is 39.2 Å². The third-order valence-electron chi connectivity index (χ3n) is 3.01. The molecular weight excluding hydrogens is 359 g/mol. The van der Waals surface area contributed by atoms with Crippen LogP contribution in [0.1, 0.15) is 11.3 Å². The van der Waals surface area contributed by atoms with Gasteiger partial charge in [0.05, 0.1) is 6.26 Å². The first-order chi connectivity index (χ1) is 10.9. The van der Waals surface area contributed by atoms with E-state index in [9.17, 15) is 4.79 Å². The summed E-state index contributed by atoms with van der Waals surface area (Å²) in [7, 11) is 0. The molecule has 23 heavy (non-hydrogen) atoms. The van der Waals surface area contributed by atoms with E-state index in [-0.39, 0.29) is 5.91 Å². The highest BCUT2D eigenvalue weighted by molar-refractivity contribution is 6.68. The normalized spacial score (nSPS) is 13.2. The highest BCUT2D eigenvalue weighted by Crippen LogP contribution is 2.27. The molecule has 122 valence electrons. The number of quaternary nitrogens is 1. The van der Waals surface area contributed by atoms with E-state index in [0.717, 1.165) is 11.3 Å². The van der Waals surface area contributed by atoms with Crippen LogP contribution in [0.25, 0.3) is 6.08 Å². The Morgan fingerprint density at radius 2 is 1.96 bits per heavy atom. The van der Waals surface area contributed by atoms with Crippen molar-refractivity contribution in [3.63, 3.8) is 0 Å². The van der Waals surface area contributed by atoms with Crippen LogP contribution in [0.5, 0.6) is 0 Å². The van der Waals surface area contributed by atoms with Gasteiger partial charge >= 0.3 is 0 Å². The zero-order valence-electron chi connectivity index (χ0n) is 12.1. The number of amides is 1. The van der Waals surface area contributed by atoms with E-state index in [1.54, 1.807) is 23.7 Å². The van der Waals surface area contributed by atoms with Crippen molar-refractivity contribution < 1.29 is 14.5 Å². The number of rotatable bonds is 6. The van der Waals surface area contributed by atoms with Crippen LogP contribution in [0.2, 0.25) is 0 Å². The maximum atomic E-state index is 12.0.